The van der Waals surface area contributed by atoms with E-state index in [0.29, 0.717) is 22.7 Å². The SMILES string of the molecule is CN(C)c1ccc(C2/C(=C(\O)c3ccc([N+](=O)[O-])cc3)C(=O)C(=O)N2c2ccc3c(c2)OCO3)cc1. The normalized spacial score (nSPS) is 17.9. The lowest BCUT2D eigenvalue weighted by atomic mass is 9.94. The van der Waals surface area contributed by atoms with Crippen LogP contribution >= 0.6 is 0 Å². The minimum atomic E-state index is -0.947. The summed E-state index contributed by atoms with van der Waals surface area (Å²) in [5.41, 5.74) is 1.80. The number of Topliss-reactive ketones (excluding diaryl/α,β-unsaturated/α-hetero) is 1. The molecule has 182 valence electrons. The number of amides is 1. The summed E-state index contributed by atoms with van der Waals surface area (Å²) in [6, 6.07) is 16.4. The monoisotopic (exact) mass is 487 g/mol. The van der Waals surface area contributed by atoms with Crippen LogP contribution < -0.4 is 19.3 Å². The number of ketones is 1. The Hall–Kier alpha value is -4.86. The number of fused-ring (bicyclic) bond motifs is 1. The number of carbonyl (C=O) groups is 2. The highest BCUT2D eigenvalue weighted by Gasteiger charge is 2.47. The van der Waals surface area contributed by atoms with E-state index in [2.05, 4.69) is 0 Å². The summed E-state index contributed by atoms with van der Waals surface area (Å²) in [5, 5.41) is 22.2. The molecule has 1 saturated heterocycles. The van der Waals surface area contributed by atoms with Gasteiger partial charge in [-0.05, 0) is 42.0 Å². The summed E-state index contributed by atoms with van der Waals surface area (Å²) >= 11 is 0. The number of aliphatic hydroxyl groups excluding tert-OH is 1. The smallest absolute Gasteiger partial charge is 0.300 e. The molecular formula is C26H21N3O7. The van der Waals surface area contributed by atoms with Gasteiger partial charge in [-0.3, -0.25) is 24.6 Å². The van der Waals surface area contributed by atoms with E-state index < -0.39 is 28.4 Å². The third-order valence-corrected chi connectivity index (χ3v) is 6.16. The molecule has 1 unspecified atom stereocenters. The van der Waals surface area contributed by atoms with Crippen LogP contribution in [0.1, 0.15) is 17.2 Å². The molecule has 10 nitrogen and oxygen atoms in total. The van der Waals surface area contributed by atoms with Gasteiger partial charge in [0.2, 0.25) is 6.79 Å². The Morgan fingerprint density at radius 3 is 2.31 bits per heavy atom. The summed E-state index contributed by atoms with van der Waals surface area (Å²) in [4.78, 5) is 40.3. The molecule has 36 heavy (non-hydrogen) atoms. The number of anilines is 2. The van der Waals surface area contributed by atoms with Crippen LogP contribution in [0.3, 0.4) is 0 Å². The highest BCUT2D eigenvalue weighted by atomic mass is 16.7. The van der Waals surface area contributed by atoms with Crippen molar-refractivity contribution in [3.8, 4) is 11.5 Å². The lowest BCUT2D eigenvalue weighted by Gasteiger charge is -2.26. The maximum absolute atomic E-state index is 13.3. The van der Waals surface area contributed by atoms with E-state index in [1.165, 1.54) is 29.2 Å². The predicted octanol–water partition coefficient (Wildman–Crippen LogP) is 4.02. The third-order valence-electron chi connectivity index (χ3n) is 6.16. The van der Waals surface area contributed by atoms with Gasteiger partial charge in [-0.1, -0.05) is 12.1 Å². The molecule has 0 saturated carbocycles. The molecule has 2 aliphatic heterocycles. The number of carbonyl (C=O) groups excluding carboxylic acids is 2. The summed E-state index contributed by atoms with van der Waals surface area (Å²) in [6.45, 7) is 0.0488. The van der Waals surface area contributed by atoms with Crippen LogP contribution in [0.5, 0.6) is 11.5 Å². The van der Waals surface area contributed by atoms with E-state index in [4.69, 9.17) is 9.47 Å². The highest BCUT2D eigenvalue weighted by Crippen LogP contribution is 2.45. The number of hydrogen-bond donors (Lipinski definition) is 1. The van der Waals surface area contributed by atoms with Gasteiger partial charge in [0.15, 0.2) is 11.5 Å². The maximum atomic E-state index is 13.3. The minimum absolute atomic E-state index is 0.0488. The Kier molecular flexibility index (Phi) is 5.56. The fourth-order valence-corrected chi connectivity index (χ4v) is 4.30. The molecule has 1 amide bonds. The summed E-state index contributed by atoms with van der Waals surface area (Å²) in [7, 11) is 3.78. The molecule has 0 aliphatic carbocycles. The van der Waals surface area contributed by atoms with Crippen LogP contribution in [0.2, 0.25) is 0 Å². The molecule has 1 atom stereocenters. The first-order valence-corrected chi connectivity index (χ1v) is 11.0. The van der Waals surface area contributed by atoms with E-state index in [9.17, 15) is 24.8 Å². The average molecular weight is 487 g/mol. The fraction of sp³-hybridized carbons (Fsp3) is 0.154. The van der Waals surface area contributed by atoms with E-state index in [1.54, 1.807) is 30.3 Å². The van der Waals surface area contributed by atoms with Crippen LogP contribution in [-0.2, 0) is 9.59 Å². The topological polar surface area (TPSA) is 122 Å². The van der Waals surface area contributed by atoms with Gasteiger partial charge in [0.05, 0.1) is 16.5 Å². The highest BCUT2D eigenvalue weighted by molar-refractivity contribution is 6.51. The molecule has 2 heterocycles. The second kappa shape index (κ2) is 8.73. The van der Waals surface area contributed by atoms with Crippen LogP contribution in [0.15, 0.2) is 72.3 Å². The van der Waals surface area contributed by atoms with Crippen LogP contribution in [-0.4, -0.2) is 42.6 Å². The largest absolute Gasteiger partial charge is 0.507 e. The molecule has 0 aromatic heterocycles. The van der Waals surface area contributed by atoms with Crippen molar-refractivity contribution in [1.29, 1.82) is 0 Å². The van der Waals surface area contributed by atoms with Crippen molar-refractivity contribution < 1.29 is 29.1 Å². The maximum Gasteiger partial charge on any atom is 0.300 e. The number of hydrogen-bond acceptors (Lipinski definition) is 8. The fourth-order valence-electron chi connectivity index (χ4n) is 4.30. The number of ether oxygens (including phenoxy) is 2. The van der Waals surface area contributed by atoms with Crippen LogP contribution in [0, 0.1) is 10.1 Å². The molecular weight excluding hydrogens is 466 g/mol. The standard InChI is InChI=1S/C26H21N3O7/c1-27(2)17-7-3-15(4-8-17)23-22(24(30)16-5-9-18(10-6-16)29(33)34)25(31)26(32)28(23)19-11-12-20-21(13-19)36-14-35-20/h3-13,23,30H,14H2,1-2H3/b24-22+. The van der Waals surface area contributed by atoms with E-state index in [1.807, 2.05) is 31.1 Å². The lowest BCUT2D eigenvalue weighted by Crippen LogP contribution is -2.29. The summed E-state index contributed by atoms with van der Waals surface area (Å²) in [5.74, 6) is -1.16. The third kappa shape index (κ3) is 3.78. The van der Waals surface area contributed by atoms with Crippen molar-refractivity contribution in [1.82, 2.24) is 0 Å². The molecule has 0 radical (unpaired) electrons. The molecule has 0 bridgehead atoms. The van der Waals surface area contributed by atoms with Gasteiger partial charge in [-0.15, -0.1) is 0 Å². The van der Waals surface area contributed by atoms with Crippen molar-refractivity contribution in [3.05, 3.63) is 93.5 Å². The van der Waals surface area contributed by atoms with Gasteiger partial charge in [0, 0.05) is 49.2 Å². The molecule has 3 aromatic rings. The lowest BCUT2D eigenvalue weighted by molar-refractivity contribution is -0.384. The number of nitro benzene ring substituents is 1. The summed E-state index contributed by atoms with van der Waals surface area (Å²) in [6.07, 6.45) is 0. The zero-order chi connectivity index (χ0) is 25.6. The Balaban J connectivity index is 1.67. The zero-order valence-corrected chi connectivity index (χ0v) is 19.4. The number of nitro groups is 1. The van der Waals surface area contributed by atoms with Crippen LogP contribution in [0.25, 0.3) is 5.76 Å². The molecule has 10 heteroatoms. The first-order valence-electron chi connectivity index (χ1n) is 11.0. The first-order chi connectivity index (χ1) is 17.3. The quantitative estimate of drug-likeness (QED) is 0.188. The van der Waals surface area contributed by atoms with Gasteiger partial charge in [0.1, 0.15) is 5.76 Å². The molecule has 1 fully saturated rings. The van der Waals surface area contributed by atoms with Gasteiger partial charge >= 0.3 is 0 Å². The van der Waals surface area contributed by atoms with Crippen molar-refractivity contribution in [2.45, 2.75) is 6.04 Å². The van der Waals surface area contributed by atoms with E-state index in [0.717, 1.165) is 5.69 Å². The molecule has 2 aliphatic rings. The molecule has 5 rings (SSSR count). The van der Waals surface area contributed by atoms with Gasteiger partial charge < -0.3 is 19.5 Å². The Morgan fingerprint density at radius 1 is 1.00 bits per heavy atom. The summed E-state index contributed by atoms with van der Waals surface area (Å²) < 4.78 is 10.8. The number of benzene rings is 3. The van der Waals surface area contributed by atoms with Crippen molar-refractivity contribution in [3.63, 3.8) is 0 Å². The molecule has 0 spiro atoms. The second-order valence-electron chi connectivity index (χ2n) is 8.50. The Bertz CT molecular complexity index is 1410. The number of aliphatic hydroxyl groups is 1. The number of non-ortho nitro benzene ring substituents is 1. The second-order valence-corrected chi connectivity index (χ2v) is 8.50. The van der Waals surface area contributed by atoms with Crippen molar-refractivity contribution in [2.75, 3.05) is 30.7 Å². The first kappa shape index (κ1) is 22.9. The Labute approximate surface area is 205 Å². The number of nitrogens with zero attached hydrogens (tertiary/aromatic N) is 3. The molecule has 3 aromatic carbocycles. The van der Waals surface area contributed by atoms with Gasteiger partial charge in [-0.25, -0.2) is 0 Å². The minimum Gasteiger partial charge on any atom is -0.507 e. The van der Waals surface area contributed by atoms with Gasteiger partial charge in [-0.2, -0.15) is 0 Å². The van der Waals surface area contributed by atoms with Gasteiger partial charge in [0.25, 0.3) is 17.4 Å². The Morgan fingerprint density at radius 2 is 1.67 bits per heavy atom. The van der Waals surface area contributed by atoms with Crippen molar-refractivity contribution in [2.24, 2.45) is 0 Å². The zero-order valence-electron chi connectivity index (χ0n) is 19.4. The predicted molar refractivity (Wildman–Crippen MR) is 131 cm³/mol. The molecule has 1 N–H and O–H groups in total. The average Bonchev–Trinajstić information content (AvgIpc) is 3.45. The van der Waals surface area contributed by atoms with Crippen molar-refractivity contribution >= 4 is 34.5 Å². The van der Waals surface area contributed by atoms with E-state index >= 15 is 0 Å². The van der Waals surface area contributed by atoms with Crippen LogP contribution in [0.4, 0.5) is 17.1 Å². The van der Waals surface area contributed by atoms with E-state index in [-0.39, 0.29) is 23.6 Å². The number of rotatable bonds is 5.